The number of allylic oxidation sites excluding steroid dienone is 1. The van der Waals surface area contributed by atoms with E-state index >= 15 is 0 Å². The van der Waals surface area contributed by atoms with Gasteiger partial charge in [-0.15, -0.1) is 0 Å². The number of rotatable bonds is 3. The third-order valence-corrected chi connectivity index (χ3v) is 6.91. The lowest BCUT2D eigenvalue weighted by Crippen LogP contribution is -2.21. The molecule has 6 rings (SSSR count). The van der Waals surface area contributed by atoms with E-state index in [4.69, 9.17) is 26.3 Å². The fourth-order valence-corrected chi connectivity index (χ4v) is 5.00. The predicted molar refractivity (Wildman–Crippen MR) is 151 cm³/mol. The van der Waals surface area contributed by atoms with Gasteiger partial charge < -0.3 is 0 Å². The molecule has 1 heterocycles. The van der Waals surface area contributed by atoms with Crippen molar-refractivity contribution in [1.29, 1.82) is 21.3 Å². The number of nitriles is 2. The van der Waals surface area contributed by atoms with Gasteiger partial charge in [0.15, 0.2) is 0 Å². The highest BCUT2D eigenvalue weighted by Gasteiger charge is 2.28. The van der Waals surface area contributed by atoms with E-state index in [1.807, 2.05) is 36.4 Å². The summed E-state index contributed by atoms with van der Waals surface area (Å²) in [6, 6.07) is 26.8. The van der Waals surface area contributed by atoms with Crippen LogP contribution in [0.4, 0.5) is 8.78 Å². The Morgan fingerprint density at radius 3 is 1.95 bits per heavy atom. The van der Waals surface area contributed by atoms with Crippen LogP contribution < -0.4 is 0 Å². The molecule has 1 aliphatic carbocycles. The molecular weight excluding hydrogens is 504 g/mol. The second-order valence-electron chi connectivity index (χ2n) is 9.27. The number of fused-ring (bicyclic) bond motifs is 3. The normalized spacial score (nSPS) is 12.4. The van der Waals surface area contributed by atoms with E-state index in [1.54, 1.807) is 48.5 Å². The first-order valence-corrected chi connectivity index (χ1v) is 12.2. The molecule has 0 spiro atoms. The molecule has 0 aliphatic heterocycles. The number of nitrogens with zero attached hydrogens (tertiary/aromatic N) is 3. The lowest BCUT2D eigenvalue weighted by Gasteiger charge is -2.23. The number of halogens is 2. The molecule has 4 aromatic carbocycles. The first-order chi connectivity index (χ1) is 19.4. The smallest absolute Gasteiger partial charge is 0.135 e. The highest BCUT2D eigenvalue weighted by atomic mass is 19.1. The Labute approximate surface area is 227 Å². The molecule has 188 valence electrons. The second kappa shape index (κ2) is 9.50. The summed E-state index contributed by atoms with van der Waals surface area (Å²) in [7, 11) is 0. The summed E-state index contributed by atoms with van der Waals surface area (Å²) in [6.45, 7) is 0. The van der Waals surface area contributed by atoms with Crippen molar-refractivity contribution in [1.82, 2.24) is 4.98 Å². The predicted octanol–water partition coefficient (Wildman–Crippen LogP) is 7.53. The van der Waals surface area contributed by atoms with Crippen LogP contribution in [0.5, 0.6) is 0 Å². The minimum absolute atomic E-state index is 0.00933. The van der Waals surface area contributed by atoms with E-state index in [0.717, 1.165) is 17.7 Å². The van der Waals surface area contributed by atoms with Gasteiger partial charge in [0.2, 0.25) is 0 Å². The number of aromatic nitrogens is 1. The molecular formula is C33H17F2N5. The van der Waals surface area contributed by atoms with Crippen LogP contribution in [0.25, 0.3) is 44.9 Å². The summed E-state index contributed by atoms with van der Waals surface area (Å²) >= 11 is 0. The van der Waals surface area contributed by atoms with E-state index in [-0.39, 0.29) is 28.1 Å². The SMILES string of the molecule is N#Cc1ccc(C2=Cc3c(-c4ccccc4)nc4cc(-c5c(F)cc(C#N)cc5F)ccc4c3C(=N)C2=N)cc1. The van der Waals surface area contributed by atoms with E-state index in [9.17, 15) is 8.78 Å². The quantitative estimate of drug-likeness (QED) is 0.256. The van der Waals surface area contributed by atoms with Gasteiger partial charge in [-0.1, -0.05) is 54.6 Å². The van der Waals surface area contributed by atoms with Crippen LogP contribution in [0.15, 0.2) is 84.9 Å². The highest BCUT2D eigenvalue weighted by molar-refractivity contribution is 6.64. The third kappa shape index (κ3) is 3.94. The standard InChI is InChI=1S/C33H17F2N5/c34-26-12-19(17-37)13-27(35)29(26)22-10-11-23-28(14-22)40-33(21-4-2-1-3-5-21)25-15-24(31(38)32(39)30(23)25)20-8-6-18(16-36)7-9-20/h1-15,38-39H. The van der Waals surface area contributed by atoms with Gasteiger partial charge in [-0.2, -0.15) is 10.5 Å². The van der Waals surface area contributed by atoms with Crippen LogP contribution in [-0.4, -0.2) is 16.4 Å². The Balaban J connectivity index is 1.63. The van der Waals surface area contributed by atoms with E-state index in [0.29, 0.717) is 44.4 Å². The van der Waals surface area contributed by atoms with Crippen LogP contribution >= 0.6 is 0 Å². The number of benzene rings is 4. The van der Waals surface area contributed by atoms with Crippen molar-refractivity contribution in [2.24, 2.45) is 0 Å². The first kappa shape index (κ1) is 24.5. The first-order valence-electron chi connectivity index (χ1n) is 12.2. The number of nitrogens with one attached hydrogen (secondary N) is 2. The summed E-state index contributed by atoms with van der Waals surface area (Å²) in [4.78, 5) is 4.90. The Kier molecular flexibility index (Phi) is 5.83. The van der Waals surface area contributed by atoms with E-state index in [2.05, 4.69) is 6.07 Å². The Bertz CT molecular complexity index is 1990. The van der Waals surface area contributed by atoms with Gasteiger partial charge in [-0.3, -0.25) is 10.8 Å². The number of pyridine rings is 1. The largest absolute Gasteiger partial charge is 0.298 e. The fourth-order valence-electron chi connectivity index (χ4n) is 5.00. The molecule has 0 radical (unpaired) electrons. The minimum atomic E-state index is -0.860. The summed E-state index contributed by atoms with van der Waals surface area (Å²) in [5.74, 6) is -1.72. The topological polar surface area (TPSA) is 108 Å². The second-order valence-corrected chi connectivity index (χ2v) is 9.27. The summed E-state index contributed by atoms with van der Waals surface area (Å²) in [6.07, 6.45) is 1.83. The minimum Gasteiger partial charge on any atom is -0.298 e. The van der Waals surface area contributed by atoms with Crippen LogP contribution in [-0.2, 0) is 0 Å². The zero-order chi connectivity index (χ0) is 28.0. The molecule has 1 aliphatic rings. The van der Waals surface area contributed by atoms with Crippen molar-refractivity contribution < 1.29 is 8.78 Å². The Hall–Kier alpha value is -5.79. The van der Waals surface area contributed by atoms with Crippen molar-refractivity contribution in [2.45, 2.75) is 0 Å². The van der Waals surface area contributed by atoms with E-state index < -0.39 is 11.6 Å². The van der Waals surface area contributed by atoms with Crippen LogP contribution in [0.3, 0.4) is 0 Å². The summed E-state index contributed by atoms with van der Waals surface area (Å²) in [5, 5.41) is 36.6. The Morgan fingerprint density at radius 2 is 1.30 bits per heavy atom. The third-order valence-electron chi connectivity index (χ3n) is 6.91. The average Bonchev–Trinajstić information content (AvgIpc) is 2.98. The van der Waals surface area contributed by atoms with Crippen molar-refractivity contribution in [3.8, 4) is 34.5 Å². The maximum absolute atomic E-state index is 14.9. The molecule has 1 aromatic heterocycles. The highest BCUT2D eigenvalue weighted by Crippen LogP contribution is 2.39. The van der Waals surface area contributed by atoms with Gasteiger partial charge in [0.05, 0.1) is 51.5 Å². The molecule has 0 saturated heterocycles. The number of hydrogen-bond donors (Lipinski definition) is 2. The van der Waals surface area contributed by atoms with Gasteiger partial charge in [0, 0.05) is 27.6 Å². The van der Waals surface area contributed by atoms with Crippen molar-refractivity contribution in [2.75, 3.05) is 0 Å². The van der Waals surface area contributed by atoms with Gasteiger partial charge in [0.25, 0.3) is 0 Å². The van der Waals surface area contributed by atoms with Gasteiger partial charge >= 0.3 is 0 Å². The molecule has 0 atom stereocenters. The molecule has 0 fully saturated rings. The van der Waals surface area contributed by atoms with Gasteiger partial charge in [-0.05, 0) is 47.5 Å². The average molecular weight is 522 g/mol. The lowest BCUT2D eigenvalue weighted by molar-refractivity contribution is 0.589. The zero-order valence-corrected chi connectivity index (χ0v) is 20.8. The van der Waals surface area contributed by atoms with Gasteiger partial charge in [-0.25, -0.2) is 13.8 Å². The van der Waals surface area contributed by atoms with E-state index in [1.165, 1.54) is 0 Å². The van der Waals surface area contributed by atoms with Gasteiger partial charge in [0.1, 0.15) is 11.6 Å². The van der Waals surface area contributed by atoms with Crippen molar-refractivity contribution >= 4 is 34.0 Å². The van der Waals surface area contributed by atoms with Crippen LogP contribution in [0.2, 0.25) is 0 Å². The van der Waals surface area contributed by atoms with Crippen molar-refractivity contribution in [3.63, 3.8) is 0 Å². The molecule has 7 heteroatoms. The Morgan fingerprint density at radius 1 is 0.650 bits per heavy atom. The molecule has 0 unspecified atom stereocenters. The molecule has 0 bridgehead atoms. The lowest BCUT2D eigenvalue weighted by atomic mass is 9.82. The maximum atomic E-state index is 14.9. The molecule has 0 amide bonds. The molecule has 5 nitrogen and oxygen atoms in total. The molecule has 5 aromatic rings. The fraction of sp³-hybridized carbons (Fsp3) is 0. The van der Waals surface area contributed by atoms with Crippen LogP contribution in [0.1, 0.15) is 27.8 Å². The molecule has 40 heavy (non-hydrogen) atoms. The monoisotopic (exact) mass is 521 g/mol. The number of hydrogen-bond acceptors (Lipinski definition) is 5. The summed E-state index contributed by atoms with van der Waals surface area (Å²) in [5.41, 5.74) is 4.47. The molecule has 0 saturated carbocycles. The maximum Gasteiger partial charge on any atom is 0.135 e. The summed E-state index contributed by atoms with van der Waals surface area (Å²) < 4.78 is 29.7. The van der Waals surface area contributed by atoms with Crippen LogP contribution in [0, 0.1) is 45.1 Å². The molecule has 2 N–H and O–H groups in total. The zero-order valence-electron chi connectivity index (χ0n) is 20.8. The van der Waals surface area contributed by atoms with Crippen molar-refractivity contribution in [3.05, 3.63) is 124 Å².